The lowest BCUT2D eigenvalue weighted by atomic mass is 10.0. The van der Waals surface area contributed by atoms with Gasteiger partial charge in [0.2, 0.25) is 0 Å². The van der Waals surface area contributed by atoms with Crippen LogP contribution in [0.1, 0.15) is 42.6 Å². The Hall–Kier alpha value is -2.86. The molecule has 0 unspecified atom stereocenters. The zero-order chi connectivity index (χ0) is 20.8. The summed E-state index contributed by atoms with van der Waals surface area (Å²) in [6.07, 6.45) is 3.23. The maximum Gasteiger partial charge on any atom is 0.287 e. The lowest BCUT2D eigenvalue weighted by Crippen LogP contribution is -2.21. The second kappa shape index (κ2) is 9.56. The van der Waals surface area contributed by atoms with E-state index >= 15 is 0 Å². The average molecular weight is 409 g/mol. The first-order chi connectivity index (χ1) is 14.0. The zero-order valence-electron chi connectivity index (χ0n) is 16.8. The molecule has 0 saturated carbocycles. The normalized spacial score (nSPS) is 10.9. The number of rotatable bonds is 8. The average Bonchev–Trinajstić information content (AvgIpc) is 2.73. The van der Waals surface area contributed by atoms with Crippen LogP contribution in [-0.2, 0) is 0 Å². The summed E-state index contributed by atoms with van der Waals surface area (Å²) in [5.74, 6) is 1.24. The zero-order valence-corrected chi connectivity index (χ0v) is 17.6. The first kappa shape index (κ1) is 20.9. The van der Waals surface area contributed by atoms with Crippen molar-refractivity contribution >= 4 is 17.5 Å². The Bertz CT molecular complexity index is 1030. The number of thioether (sulfide) groups is 1. The molecule has 29 heavy (non-hydrogen) atoms. The van der Waals surface area contributed by atoms with Gasteiger partial charge >= 0.3 is 0 Å². The summed E-state index contributed by atoms with van der Waals surface area (Å²) < 4.78 is 6.95. The molecule has 0 amide bonds. The molecular formula is C23H24N2O3S. The fraction of sp³-hybridized carbons (Fsp3) is 0.261. The van der Waals surface area contributed by atoms with E-state index < -0.39 is 0 Å². The third-order valence-electron chi connectivity index (χ3n) is 4.47. The first-order valence-electron chi connectivity index (χ1n) is 9.56. The number of carbonyl (C=O) groups is 1. The van der Waals surface area contributed by atoms with Crippen LogP contribution in [0.15, 0.2) is 70.7 Å². The Kier molecular flexibility index (Phi) is 6.88. The fourth-order valence-electron chi connectivity index (χ4n) is 2.84. The van der Waals surface area contributed by atoms with Gasteiger partial charge in [-0.1, -0.05) is 37.7 Å². The monoisotopic (exact) mass is 408 g/mol. The van der Waals surface area contributed by atoms with Crippen LogP contribution in [0.25, 0.3) is 5.69 Å². The van der Waals surface area contributed by atoms with Gasteiger partial charge < -0.3 is 4.74 Å². The van der Waals surface area contributed by atoms with E-state index in [1.165, 1.54) is 5.56 Å². The van der Waals surface area contributed by atoms with E-state index in [0.29, 0.717) is 23.1 Å². The van der Waals surface area contributed by atoms with Gasteiger partial charge in [-0.15, -0.1) is 0 Å². The molecule has 0 N–H and O–H groups in total. The Morgan fingerprint density at radius 1 is 1.10 bits per heavy atom. The predicted octanol–water partition coefficient (Wildman–Crippen LogP) is 4.73. The van der Waals surface area contributed by atoms with Crippen molar-refractivity contribution in [3.05, 3.63) is 82.4 Å². The Balaban J connectivity index is 1.72. The number of hydrogen-bond acceptors (Lipinski definition) is 5. The van der Waals surface area contributed by atoms with E-state index in [2.05, 4.69) is 18.8 Å². The number of ketones is 1. The largest absolute Gasteiger partial charge is 0.494 e. The SMILES string of the molecule is CCOc1ccc(C(=O)CSc2nccn(-c3ccc(C(C)C)cc3)c2=O)cc1. The van der Waals surface area contributed by atoms with E-state index in [4.69, 9.17) is 4.74 Å². The van der Waals surface area contributed by atoms with Crippen LogP contribution in [0, 0.1) is 0 Å². The molecule has 0 fully saturated rings. The van der Waals surface area contributed by atoms with E-state index in [9.17, 15) is 9.59 Å². The number of Topliss-reactive ketones (excluding diaryl/α,β-unsaturated/α-hetero) is 1. The summed E-state index contributed by atoms with van der Waals surface area (Å²) in [4.78, 5) is 29.4. The van der Waals surface area contributed by atoms with Gasteiger partial charge in [0.05, 0.1) is 12.4 Å². The Morgan fingerprint density at radius 2 is 1.79 bits per heavy atom. The molecule has 0 saturated heterocycles. The fourth-order valence-corrected chi connectivity index (χ4v) is 3.63. The van der Waals surface area contributed by atoms with E-state index in [0.717, 1.165) is 23.2 Å². The molecule has 1 aromatic heterocycles. The highest BCUT2D eigenvalue weighted by Gasteiger charge is 2.12. The molecule has 3 rings (SSSR count). The number of carbonyl (C=O) groups excluding carboxylic acids is 1. The molecule has 0 aliphatic heterocycles. The highest BCUT2D eigenvalue weighted by atomic mass is 32.2. The smallest absolute Gasteiger partial charge is 0.287 e. The predicted molar refractivity (Wildman–Crippen MR) is 117 cm³/mol. The molecule has 0 atom stereocenters. The van der Waals surface area contributed by atoms with E-state index in [1.807, 2.05) is 31.2 Å². The minimum Gasteiger partial charge on any atom is -0.494 e. The van der Waals surface area contributed by atoms with Gasteiger partial charge in [0, 0.05) is 23.6 Å². The third-order valence-corrected chi connectivity index (χ3v) is 5.43. The van der Waals surface area contributed by atoms with Crippen molar-refractivity contribution in [2.75, 3.05) is 12.4 Å². The number of hydrogen-bond donors (Lipinski definition) is 0. The van der Waals surface area contributed by atoms with Gasteiger partial charge in [0.25, 0.3) is 5.56 Å². The van der Waals surface area contributed by atoms with Crippen LogP contribution in [0.2, 0.25) is 0 Å². The number of aromatic nitrogens is 2. The summed E-state index contributed by atoms with van der Waals surface area (Å²) in [6, 6.07) is 14.9. The Labute approximate surface area is 174 Å². The second-order valence-electron chi connectivity index (χ2n) is 6.82. The van der Waals surface area contributed by atoms with Crippen LogP contribution < -0.4 is 10.3 Å². The van der Waals surface area contributed by atoms with Crippen molar-refractivity contribution in [3.8, 4) is 11.4 Å². The van der Waals surface area contributed by atoms with Crippen molar-refractivity contribution in [1.82, 2.24) is 9.55 Å². The van der Waals surface area contributed by atoms with Gasteiger partial charge in [-0.3, -0.25) is 14.2 Å². The van der Waals surface area contributed by atoms with Crippen molar-refractivity contribution in [1.29, 1.82) is 0 Å². The highest BCUT2D eigenvalue weighted by molar-refractivity contribution is 7.99. The van der Waals surface area contributed by atoms with Crippen LogP contribution >= 0.6 is 11.8 Å². The molecule has 0 spiro atoms. The standard InChI is InChI=1S/C23H24N2O3S/c1-4-28-20-11-7-18(8-12-20)21(26)15-29-22-23(27)25(14-13-24-22)19-9-5-17(6-10-19)16(2)3/h5-14,16H,4,15H2,1-3H3. The van der Waals surface area contributed by atoms with E-state index in [-0.39, 0.29) is 17.1 Å². The Morgan fingerprint density at radius 3 is 2.41 bits per heavy atom. The van der Waals surface area contributed by atoms with Gasteiger partial charge in [-0.05, 0) is 54.8 Å². The molecule has 150 valence electrons. The van der Waals surface area contributed by atoms with Gasteiger partial charge in [-0.2, -0.15) is 0 Å². The quantitative estimate of drug-likeness (QED) is 0.398. The van der Waals surface area contributed by atoms with Crippen molar-refractivity contribution in [2.24, 2.45) is 0 Å². The highest BCUT2D eigenvalue weighted by Crippen LogP contribution is 2.19. The minimum absolute atomic E-state index is 0.0593. The molecule has 0 aliphatic carbocycles. The molecule has 0 radical (unpaired) electrons. The van der Waals surface area contributed by atoms with Crippen LogP contribution in [0.4, 0.5) is 0 Å². The van der Waals surface area contributed by atoms with Gasteiger partial charge in [0.1, 0.15) is 5.75 Å². The molecule has 5 nitrogen and oxygen atoms in total. The third kappa shape index (κ3) is 5.15. The van der Waals surface area contributed by atoms with Crippen molar-refractivity contribution in [2.45, 2.75) is 31.7 Å². The summed E-state index contributed by atoms with van der Waals surface area (Å²) in [5, 5.41) is 0.305. The first-order valence-corrected chi connectivity index (χ1v) is 10.5. The topological polar surface area (TPSA) is 61.2 Å². The molecular weight excluding hydrogens is 384 g/mol. The summed E-state index contributed by atoms with van der Waals surface area (Å²) >= 11 is 1.16. The van der Waals surface area contributed by atoms with Gasteiger partial charge in [-0.25, -0.2) is 4.98 Å². The summed E-state index contributed by atoms with van der Waals surface area (Å²) in [7, 11) is 0. The lowest BCUT2D eigenvalue weighted by molar-refractivity contribution is 0.102. The molecule has 6 heteroatoms. The van der Waals surface area contributed by atoms with Crippen LogP contribution in [0.3, 0.4) is 0 Å². The molecule has 0 aliphatic rings. The maximum absolute atomic E-state index is 12.8. The summed E-state index contributed by atoms with van der Waals surface area (Å²) in [5.41, 5.74) is 2.35. The minimum atomic E-state index is -0.228. The molecule has 1 heterocycles. The maximum atomic E-state index is 12.8. The van der Waals surface area contributed by atoms with Crippen molar-refractivity contribution in [3.63, 3.8) is 0 Å². The number of nitrogens with zero attached hydrogens (tertiary/aromatic N) is 2. The second-order valence-corrected chi connectivity index (χ2v) is 7.79. The van der Waals surface area contributed by atoms with Crippen molar-refractivity contribution < 1.29 is 9.53 Å². The van der Waals surface area contributed by atoms with Gasteiger partial charge in [0.15, 0.2) is 10.8 Å². The number of benzene rings is 2. The summed E-state index contributed by atoms with van der Waals surface area (Å²) in [6.45, 7) is 6.75. The molecule has 3 aromatic rings. The molecule has 0 bridgehead atoms. The van der Waals surface area contributed by atoms with Crippen LogP contribution in [-0.4, -0.2) is 27.7 Å². The molecule has 2 aromatic carbocycles. The van der Waals surface area contributed by atoms with Crippen LogP contribution in [0.5, 0.6) is 5.75 Å². The van der Waals surface area contributed by atoms with E-state index in [1.54, 1.807) is 41.2 Å². The lowest BCUT2D eigenvalue weighted by Gasteiger charge is -2.10. The number of ether oxygens (including phenoxy) is 1.